The summed E-state index contributed by atoms with van der Waals surface area (Å²) >= 11 is 17.0. The molecule has 0 radical (unpaired) electrons. The number of hydrogen-bond donors (Lipinski definition) is 1. The number of H-pyrrole nitrogens is 1. The average molecular weight is 261 g/mol. The number of benzene rings is 1. The van der Waals surface area contributed by atoms with E-state index in [4.69, 9.17) is 40.1 Å². The van der Waals surface area contributed by atoms with E-state index in [-0.39, 0.29) is 5.82 Å². The van der Waals surface area contributed by atoms with Crippen LogP contribution in [0.1, 0.15) is 11.4 Å². The molecule has 3 nitrogen and oxygen atoms in total. The lowest BCUT2D eigenvalue weighted by Gasteiger charge is -2.04. The number of para-hydroxylation sites is 1. The van der Waals surface area contributed by atoms with E-state index in [9.17, 15) is 0 Å². The number of halogens is 3. The molecule has 15 heavy (non-hydrogen) atoms. The van der Waals surface area contributed by atoms with Gasteiger partial charge in [0.25, 0.3) is 0 Å². The van der Waals surface area contributed by atoms with Gasteiger partial charge in [0.15, 0.2) is 5.82 Å². The molecule has 0 saturated carbocycles. The van der Waals surface area contributed by atoms with Crippen molar-refractivity contribution in [3.8, 4) is 6.07 Å². The second kappa shape index (κ2) is 3.57. The van der Waals surface area contributed by atoms with Gasteiger partial charge in [0.1, 0.15) is 11.6 Å². The van der Waals surface area contributed by atoms with E-state index in [2.05, 4.69) is 9.97 Å². The highest BCUT2D eigenvalue weighted by atomic mass is 35.6. The normalized spacial score (nSPS) is 11.6. The molecule has 0 aliphatic rings. The van der Waals surface area contributed by atoms with Gasteiger partial charge in [0, 0.05) is 0 Å². The standard InChI is InChI=1S/C9H4Cl3N3/c10-9(11,12)8-14-6-3-1-2-5(4-13)7(6)15-8/h1-3H,(H,14,15). The fraction of sp³-hybridized carbons (Fsp3) is 0.111. The third-order valence-electron chi connectivity index (χ3n) is 1.90. The van der Waals surface area contributed by atoms with Gasteiger partial charge in [0.05, 0.1) is 11.1 Å². The highest BCUT2D eigenvalue weighted by Gasteiger charge is 2.27. The van der Waals surface area contributed by atoms with Crippen LogP contribution < -0.4 is 0 Å². The molecule has 0 amide bonds. The summed E-state index contributed by atoms with van der Waals surface area (Å²) in [4.78, 5) is 6.93. The smallest absolute Gasteiger partial charge is 0.248 e. The van der Waals surface area contributed by atoms with Crippen molar-refractivity contribution in [3.05, 3.63) is 29.6 Å². The number of aromatic amines is 1. The molecule has 1 N–H and O–H groups in total. The van der Waals surface area contributed by atoms with Crippen molar-refractivity contribution in [1.29, 1.82) is 5.26 Å². The van der Waals surface area contributed by atoms with Gasteiger partial charge in [-0.25, -0.2) is 4.98 Å². The fourth-order valence-electron chi connectivity index (χ4n) is 1.26. The number of fused-ring (bicyclic) bond motifs is 1. The van der Waals surface area contributed by atoms with Crippen LogP contribution in [-0.2, 0) is 3.79 Å². The quantitative estimate of drug-likeness (QED) is 0.739. The Morgan fingerprint density at radius 1 is 1.33 bits per heavy atom. The lowest BCUT2D eigenvalue weighted by Crippen LogP contribution is -2.02. The summed E-state index contributed by atoms with van der Waals surface area (Å²) in [5.74, 6) is 0.213. The van der Waals surface area contributed by atoms with Crippen LogP contribution in [0, 0.1) is 11.3 Å². The van der Waals surface area contributed by atoms with Crippen LogP contribution in [-0.4, -0.2) is 9.97 Å². The summed E-state index contributed by atoms with van der Waals surface area (Å²) in [7, 11) is 0. The van der Waals surface area contributed by atoms with Gasteiger partial charge in [-0.15, -0.1) is 0 Å². The minimum absolute atomic E-state index is 0.213. The van der Waals surface area contributed by atoms with Crippen LogP contribution >= 0.6 is 34.8 Å². The molecule has 0 bridgehead atoms. The third kappa shape index (κ3) is 1.89. The van der Waals surface area contributed by atoms with Gasteiger partial charge < -0.3 is 4.98 Å². The molecule has 2 aromatic rings. The molecular formula is C9H4Cl3N3. The van der Waals surface area contributed by atoms with Crippen molar-refractivity contribution in [2.24, 2.45) is 0 Å². The molecule has 0 unspecified atom stereocenters. The van der Waals surface area contributed by atoms with E-state index in [1.54, 1.807) is 18.2 Å². The van der Waals surface area contributed by atoms with Crippen molar-refractivity contribution in [3.63, 3.8) is 0 Å². The number of nitrogens with one attached hydrogen (secondary N) is 1. The van der Waals surface area contributed by atoms with Crippen LogP contribution in [0.2, 0.25) is 0 Å². The van der Waals surface area contributed by atoms with E-state index in [1.807, 2.05) is 6.07 Å². The number of hydrogen-bond acceptors (Lipinski definition) is 2. The predicted molar refractivity (Wildman–Crippen MR) is 60.0 cm³/mol. The van der Waals surface area contributed by atoms with Crippen molar-refractivity contribution in [2.45, 2.75) is 3.79 Å². The molecule has 0 atom stereocenters. The van der Waals surface area contributed by atoms with Crippen molar-refractivity contribution in [1.82, 2.24) is 9.97 Å². The SMILES string of the molecule is N#Cc1cccc2[nH]c(C(Cl)(Cl)Cl)nc12. The van der Waals surface area contributed by atoms with Gasteiger partial charge in [-0.2, -0.15) is 5.26 Å². The van der Waals surface area contributed by atoms with Crippen LogP contribution in [0.4, 0.5) is 0 Å². The number of nitrogens with zero attached hydrogens (tertiary/aromatic N) is 2. The second-order valence-corrected chi connectivity index (χ2v) is 5.18. The maximum absolute atomic E-state index is 8.84. The first kappa shape index (κ1) is 10.6. The first-order valence-electron chi connectivity index (χ1n) is 3.98. The van der Waals surface area contributed by atoms with Gasteiger partial charge >= 0.3 is 0 Å². The first-order chi connectivity index (χ1) is 7.02. The Balaban J connectivity index is 2.72. The minimum Gasteiger partial charge on any atom is -0.338 e. The Bertz CT molecular complexity index is 548. The van der Waals surface area contributed by atoms with E-state index in [1.165, 1.54) is 0 Å². The highest BCUT2D eigenvalue weighted by molar-refractivity contribution is 6.66. The summed E-state index contributed by atoms with van der Waals surface area (Å²) in [6.07, 6.45) is 0. The van der Waals surface area contributed by atoms with Gasteiger partial charge in [-0.1, -0.05) is 40.9 Å². The van der Waals surface area contributed by atoms with Crippen LogP contribution in [0.25, 0.3) is 11.0 Å². The molecule has 6 heteroatoms. The molecule has 1 heterocycles. The first-order valence-corrected chi connectivity index (χ1v) is 5.12. The lowest BCUT2D eigenvalue weighted by atomic mass is 10.2. The Kier molecular flexibility index (Phi) is 2.51. The van der Waals surface area contributed by atoms with Crippen LogP contribution in [0.3, 0.4) is 0 Å². The van der Waals surface area contributed by atoms with Crippen molar-refractivity contribution in [2.75, 3.05) is 0 Å². The summed E-state index contributed by atoms with van der Waals surface area (Å²) in [5, 5.41) is 8.84. The van der Waals surface area contributed by atoms with Crippen LogP contribution in [0.15, 0.2) is 18.2 Å². The molecule has 0 fully saturated rings. The van der Waals surface area contributed by atoms with E-state index < -0.39 is 3.79 Å². The summed E-state index contributed by atoms with van der Waals surface area (Å²) < 4.78 is -1.61. The number of aromatic nitrogens is 2. The van der Waals surface area contributed by atoms with E-state index >= 15 is 0 Å². The van der Waals surface area contributed by atoms with E-state index in [0.29, 0.717) is 16.6 Å². The monoisotopic (exact) mass is 259 g/mol. The second-order valence-electron chi connectivity index (χ2n) is 2.90. The molecule has 2 rings (SSSR count). The maximum Gasteiger partial charge on any atom is 0.248 e. The molecule has 0 aliphatic heterocycles. The number of alkyl halides is 3. The Morgan fingerprint density at radius 3 is 2.67 bits per heavy atom. The molecular weight excluding hydrogens is 256 g/mol. The van der Waals surface area contributed by atoms with Crippen molar-refractivity contribution < 1.29 is 0 Å². The Hall–Kier alpha value is -0.950. The van der Waals surface area contributed by atoms with Crippen LogP contribution in [0.5, 0.6) is 0 Å². The number of nitriles is 1. The Labute approximate surface area is 101 Å². The summed E-state index contributed by atoms with van der Waals surface area (Å²) in [6.45, 7) is 0. The summed E-state index contributed by atoms with van der Waals surface area (Å²) in [5.41, 5.74) is 1.64. The largest absolute Gasteiger partial charge is 0.338 e. The molecule has 1 aromatic heterocycles. The number of imidazole rings is 1. The molecule has 0 aliphatic carbocycles. The van der Waals surface area contributed by atoms with Gasteiger partial charge in [0.2, 0.25) is 3.79 Å². The lowest BCUT2D eigenvalue weighted by molar-refractivity contribution is 1.05. The molecule has 76 valence electrons. The zero-order valence-corrected chi connectivity index (χ0v) is 9.53. The Morgan fingerprint density at radius 2 is 2.07 bits per heavy atom. The average Bonchev–Trinajstić information content (AvgIpc) is 2.59. The fourth-order valence-corrected chi connectivity index (χ4v) is 1.53. The van der Waals surface area contributed by atoms with Crippen molar-refractivity contribution >= 4 is 45.8 Å². The number of rotatable bonds is 0. The zero-order chi connectivity index (χ0) is 11.1. The maximum atomic E-state index is 8.84. The predicted octanol–water partition coefficient (Wildman–Crippen LogP) is 3.26. The topological polar surface area (TPSA) is 52.5 Å². The highest BCUT2D eigenvalue weighted by Crippen LogP contribution is 2.37. The molecule has 1 aromatic carbocycles. The van der Waals surface area contributed by atoms with Gasteiger partial charge in [-0.3, -0.25) is 0 Å². The molecule has 0 spiro atoms. The van der Waals surface area contributed by atoms with E-state index in [0.717, 1.165) is 0 Å². The van der Waals surface area contributed by atoms with Gasteiger partial charge in [-0.05, 0) is 12.1 Å². The molecule has 0 saturated heterocycles. The summed E-state index contributed by atoms with van der Waals surface area (Å²) in [6, 6.07) is 7.19. The third-order valence-corrected chi connectivity index (χ3v) is 2.44. The zero-order valence-electron chi connectivity index (χ0n) is 7.26. The minimum atomic E-state index is -1.61.